The Balaban J connectivity index is 2.41. The molecule has 0 aliphatic heterocycles. The van der Waals surface area contributed by atoms with Crippen molar-refractivity contribution in [2.75, 3.05) is 6.61 Å². The predicted octanol–water partition coefficient (Wildman–Crippen LogP) is 3.06. The van der Waals surface area contributed by atoms with E-state index in [1.54, 1.807) is 13.0 Å². The van der Waals surface area contributed by atoms with Crippen molar-refractivity contribution in [1.29, 1.82) is 5.26 Å². The number of nitrogens with zero attached hydrogens (tertiary/aromatic N) is 3. The first-order valence-corrected chi connectivity index (χ1v) is 6.67. The van der Waals surface area contributed by atoms with E-state index in [4.69, 9.17) is 10.00 Å². The molecule has 120 valence electrons. The maximum absolute atomic E-state index is 13.3. The molecule has 0 aliphatic rings. The van der Waals surface area contributed by atoms with E-state index in [0.29, 0.717) is 5.56 Å². The van der Waals surface area contributed by atoms with Crippen molar-refractivity contribution in [3.63, 3.8) is 0 Å². The van der Waals surface area contributed by atoms with Gasteiger partial charge in [-0.25, -0.2) is 18.0 Å². The number of carbonyl (C=O) groups excluding carboxylic acids is 1. The second-order valence-electron chi connectivity index (χ2n) is 4.54. The molecule has 0 radical (unpaired) electrons. The van der Waals surface area contributed by atoms with Gasteiger partial charge in [0.25, 0.3) is 6.43 Å². The van der Waals surface area contributed by atoms with Crippen LogP contribution < -0.4 is 0 Å². The van der Waals surface area contributed by atoms with Crippen LogP contribution in [-0.4, -0.2) is 22.4 Å². The van der Waals surface area contributed by atoms with Crippen molar-refractivity contribution in [1.82, 2.24) is 9.78 Å². The van der Waals surface area contributed by atoms with Gasteiger partial charge >= 0.3 is 5.97 Å². The number of hydrogen-bond acceptors (Lipinski definition) is 4. The molecule has 0 amide bonds. The fourth-order valence-corrected chi connectivity index (χ4v) is 2.07. The summed E-state index contributed by atoms with van der Waals surface area (Å²) in [6, 6.07) is 5.24. The lowest BCUT2D eigenvalue weighted by Crippen LogP contribution is -2.12. The summed E-state index contributed by atoms with van der Waals surface area (Å²) >= 11 is 0. The van der Waals surface area contributed by atoms with Gasteiger partial charge in [0.1, 0.15) is 17.1 Å². The van der Waals surface area contributed by atoms with E-state index in [2.05, 4.69) is 5.10 Å². The molecule has 0 aliphatic carbocycles. The SMILES string of the molecule is CCOC(=O)c1cnn(Cc2ccc(F)cc2C#N)c1C(F)F. The van der Waals surface area contributed by atoms with E-state index in [0.717, 1.165) is 23.0 Å². The molecule has 5 nitrogen and oxygen atoms in total. The van der Waals surface area contributed by atoms with Crippen LogP contribution in [0.15, 0.2) is 24.4 Å². The average Bonchev–Trinajstić information content (AvgIpc) is 2.93. The van der Waals surface area contributed by atoms with Crippen LogP contribution in [0.1, 0.15) is 40.5 Å². The highest BCUT2D eigenvalue weighted by Gasteiger charge is 2.25. The van der Waals surface area contributed by atoms with Crippen LogP contribution in [0.3, 0.4) is 0 Å². The minimum absolute atomic E-state index is 0.0124. The lowest BCUT2D eigenvalue weighted by molar-refractivity contribution is 0.0513. The Morgan fingerprint density at radius 1 is 1.48 bits per heavy atom. The third-order valence-corrected chi connectivity index (χ3v) is 3.09. The zero-order valence-corrected chi connectivity index (χ0v) is 12.1. The molecule has 1 heterocycles. The summed E-state index contributed by atoms with van der Waals surface area (Å²) in [5.41, 5.74) is -0.605. The summed E-state index contributed by atoms with van der Waals surface area (Å²) in [5.74, 6) is -1.50. The molecule has 0 N–H and O–H groups in total. The number of hydrogen-bond donors (Lipinski definition) is 0. The third kappa shape index (κ3) is 3.51. The maximum Gasteiger partial charge on any atom is 0.341 e. The van der Waals surface area contributed by atoms with Crippen LogP contribution in [0.5, 0.6) is 0 Å². The Morgan fingerprint density at radius 2 is 2.22 bits per heavy atom. The standard InChI is InChI=1S/C15H12F3N3O2/c1-2-23-15(22)12-7-20-21(13(12)14(17)18)8-9-3-4-11(16)5-10(9)6-19/h3-5,7,14H,2,8H2,1H3. The zero-order chi connectivity index (χ0) is 17.0. The van der Waals surface area contributed by atoms with Crippen LogP contribution in [0, 0.1) is 17.1 Å². The van der Waals surface area contributed by atoms with Crippen LogP contribution in [0.4, 0.5) is 13.2 Å². The van der Waals surface area contributed by atoms with E-state index in [-0.39, 0.29) is 24.3 Å². The number of alkyl halides is 2. The zero-order valence-electron chi connectivity index (χ0n) is 12.1. The molecule has 8 heteroatoms. The van der Waals surface area contributed by atoms with Gasteiger partial charge in [-0.05, 0) is 24.6 Å². The molecule has 1 aromatic heterocycles. The highest BCUT2D eigenvalue weighted by atomic mass is 19.3. The lowest BCUT2D eigenvalue weighted by Gasteiger charge is -2.10. The van der Waals surface area contributed by atoms with Gasteiger partial charge in [-0.1, -0.05) is 6.07 Å². The van der Waals surface area contributed by atoms with Gasteiger partial charge in [0, 0.05) is 0 Å². The number of benzene rings is 1. The van der Waals surface area contributed by atoms with Crippen molar-refractivity contribution in [2.45, 2.75) is 19.9 Å². The summed E-state index contributed by atoms with van der Waals surface area (Å²) in [7, 11) is 0. The maximum atomic E-state index is 13.3. The molecule has 0 atom stereocenters. The molecule has 0 bridgehead atoms. The first-order valence-electron chi connectivity index (χ1n) is 6.67. The van der Waals surface area contributed by atoms with E-state index < -0.39 is 23.9 Å². The molecular weight excluding hydrogens is 311 g/mol. The summed E-state index contributed by atoms with van der Waals surface area (Å²) in [5, 5.41) is 12.8. The van der Waals surface area contributed by atoms with Gasteiger partial charge < -0.3 is 4.74 Å². The first kappa shape index (κ1) is 16.5. The van der Waals surface area contributed by atoms with Crippen LogP contribution >= 0.6 is 0 Å². The van der Waals surface area contributed by atoms with E-state index >= 15 is 0 Å². The molecule has 0 fully saturated rings. The molecule has 0 unspecified atom stereocenters. The van der Waals surface area contributed by atoms with Gasteiger partial charge in [0.05, 0.1) is 31.0 Å². The molecule has 2 aromatic rings. The van der Waals surface area contributed by atoms with Crippen molar-refractivity contribution < 1.29 is 22.7 Å². The summed E-state index contributed by atoms with van der Waals surface area (Å²) in [6.07, 6.45) is -1.96. The van der Waals surface area contributed by atoms with E-state index in [9.17, 15) is 18.0 Å². The molecule has 0 spiro atoms. The average molecular weight is 323 g/mol. The fourth-order valence-electron chi connectivity index (χ4n) is 2.07. The normalized spacial score (nSPS) is 10.6. The van der Waals surface area contributed by atoms with Crippen LogP contribution in [-0.2, 0) is 11.3 Å². The topological polar surface area (TPSA) is 67.9 Å². The molecular formula is C15H12F3N3O2. The Morgan fingerprint density at radius 3 is 2.83 bits per heavy atom. The summed E-state index contributed by atoms with van der Waals surface area (Å²) < 4.78 is 45.3. The number of aromatic nitrogens is 2. The Kier molecular flexibility index (Phi) is 5.01. The van der Waals surface area contributed by atoms with Gasteiger partial charge in [-0.15, -0.1) is 0 Å². The minimum Gasteiger partial charge on any atom is -0.462 e. The Bertz CT molecular complexity index is 766. The summed E-state index contributed by atoms with van der Waals surface area (Å²) in [6.45, 7) is 1.41. The van der Waals surface area contributed by atoms with Crippen molar-refractivity contribution in [3.8, 4) is 6.07 Å². The number of ether oxygens (including phenoxy) is 1. The predicted molar refractivity (Wildman–Crippen MR) is 73.4 cm³/mol. The number of carbonyl (C=O) groups is 1. The lowest BCUT2D eigenvalue weighted by atomic mass is 10.1. The second-order valence-corrected chi connectivity index (χ2v) is 4.54. The highest BCUT2D eigenvalue weighted by Crippen LogP contribution is 2.25. The van der Waals surface area contributed by atoms with Gasteiger partial charge in [0.15, 0.2) is 0 Å². The Labute approximate surface area is 129 Å². The van der Waals surface area contributed by atoms with Crippen LogP contribution in [0.2, 0.25) is 0 Å². The van der Waals surface area contributed by atoms with Crippen molar-refractivity contribution in [2.24, 2.45) is 0 Å². The monoisotopic (exact) mass is 323 g/mol. The van der Waals surface area contributed by atoms with Gasteiger partial charge in [0.2, 0.25) is 0 Å². The van der Waals surface area contributed by atoms with Crippen molar-refractivity contribution >= 4 is 5.97 Å². The number of halogens is 3. The fraction of sp³-hybridized carbons (Fsp3) is 0.267. The molecule has 2 rings (SSSR count). The number of esters is 1. The molecule has 0 saturated heterocycles. The molecule has 0 saturated carbocycles. The third-order valence-electron chi connectivity index (χ3n) is 3.09. The Hall–Kier alpha value is -2.82. The first-order chi connectivity index (χ1) is 11.0. The quantitative estimate of drug-likeness (QED) is 0.793. The van der Waals surface area contributed by atoms with E-state index in [1.165, 1.54) is 6.07 Å². The largest absolute Gasteiger partial charge is 0.462 e. The molecule has 1 aromatic carbocycles. The van der Waals surface area contributed by atoms with Crippen molar-refractivity contribution in [3.05, 3.63) is 52.6 Å². The summed E-state index contributed by atoms with van der Waals surface area (Å²) in [4.78, 5) is 11.7. The molecule has 23 heavy (non-hydrogen) atoms. The van der Waals surface area contributed by atoms with E-state index in [1.807, 2.05) is 0 Å². The van der Waals surface area contributed by atoms with Gasteiger partial charge in [-0.3, -0.25) is 4.68 Å². The smallest absolute Gasteiger partial charge is 0.341 e. The number of nitriles is 1. The second kappa shape index (κ2) is 6.96. The highest BCUT2D eigenvalue weighted by molar-refractivity contribution is 5.90. The van der Waals surface area contributed by atoms with Crippen LogP contribution in [0.25, 0.3) is 0 Å². The number of rotatable bonds is 5. The minimum atomic E-state index is -2.96. The van der Waals surface area contributed by atoms with Gasteiger partial charge in [-0.2, -0.15) is 10.4 Å².